The zero-order chi connectivity index (χ0) is 18.7. The minimum atomic E-state index is 1.13. The van der Waals surface area contributed by atoms with Gasteiger partial charge in [-0.2, -0.15) is 0 Å². The van der Waals surface area contributed by atoms with Gasteiger partial charge in [-0.25, -0.2) is 0 Å². The molecule has 150 valence electrons. The molecular weight excluding hydrogens is 312 g/mol. The summed E-state index contributed by atoms with van der Waals surface area (Å²) in [4.78, 5) is 14.9. The van der Waals surface area contributed by atoms with E-state index in [1.165, 1.54) is 58.9 Å². The molecule has 0 amide bonds. The SMILES string of the molecule is CCN(C)CCN(CCN(C)C)CCN1CCN(C)CCN(C)CC1. The third kappa shape index (κ3) is 11.2. The van der Waals surface area contributed by atoms with Gasteiger partial charge in [0.2, 0.25) is 0 Å². The Morgan fingerprint density at radius 2 is 1.20 bits per heavy atom. The molecule has 0 aromatic heterocycles. The molecule has 0 aromatic rings. The Bertz CT molecular complexity index is 311. The first kappa shape index (κ1) is 22.8. The second-order valence-corrected chi connectivity index (χ2v) is 7.99. The van der Waals surface area contributed by atoms with Crippen LogP contribution in [0.15, 0.2) is 0 Å². The third-order valence-corrected chi connectivity index (χ3v) is 5.39. The highest BCUT2D eigenvalue weighted by Crippen LogP contribution is 1.99. The first-order valence-electron chi connectivity index (χ1n) is 10.1. The van der Waals surface area contributed by atoms with Gasteiger partial charge in [0.05, 0.1) is 0 Å². The van der Waals surface area contributed by atoms with Gasteiger partial charge >= 0.3 is 0 Å². The predicted molar refractivity (Wildman–Crippen MR) is 110 cm³/mol. The first-order valence-corrected chi connectivity index (χ1v) is 10.1. The van der Waals surface area contributed by atoms with Crippen LogP contribution in [0.4, 0.5) is 0 Å². The molecule has 0 bridgehead atoms. The van der Waals surface area contributed by atoms with Gasteiger partial charge in [0.15, 0.2) is 0 Å². The number of rotatable bonds is 10. The molecule has 1 saturated heterocycles. The van der Waals surface area contributed by atoms with Crippen molar-refractivity contribution < 1.29 is 0 Å². The van der Waals surface area contributed by atoms with Crippen LogP contribution in [-0.4, -0.2) is 150 Å². The maximum Gasteiger partial charge on any atom is 0.0110 e. The number of likely N-dealkylation sites (N-methyl/N-ethyl adjacent to an activating group) is 4. The van der Waals surface area contributed by atoms with Gasteiger partial charge in [-0.3, -0.25) is 9.80 Å². The Hall–Kier alpha value is -0.240. The second-order valence-electron chi connectivity index (χ2n) is 7.99. The lowest BCUT2D eigenvalue weighted by molar-refractivity contribution is 0.167. The van der Waals surface area contributed by atoms with E-state index in [0.717, 1.165) is 26.2 Å². The summed E-state index contributed by atoms with van der Waals surface area (Å²) in [6.45, 7) is 17.5. The Morgan fingerprint density at radius 1 is 0.680 bits per heavy atom. The van der Waals surface area contributed by atoms with E-state index in [1.54, 1.807) is 0 Å². The van der Waals surface area contributed by atoms with Crippen LogP contribution in [0.25, 0.3) is 0 Å². The molecular formula is C19H44N6. The van der Waals surface area contributed by atoms with E-state index in [4.69, 9.17) is 0 Å². The quantitative estimate of drug-likeness (QED) is 0.544. The highest BCUT2D eigenvalue weighted by Gasteiger charge is 2.14. The largest absolute Gasteiger partial charge is 0.308 e. The van der Waals surface area contributed by atoms with E-state index < -0.39 is 0 Å². The van der Waals surface area contributed by atoms with Gasteiger partial charge in [0.1, 0.15) is 0 Å². The summed E-state index contributed by atoms with van der Waals surface area (Å²) in [5, 5.41) is 0. The Labute approximate surface area is 157 Å². The van der Waals surface area contributed by atoms with Crippen LogP contribution in [0, 0.1) is 0 Å². The number of nitrogens with zero attached hydrogens (tertiary/aromatic N) is 6. The van der Waals surface area contributed by atoms with E-state index in [2.05, 4.69) is 71.6 Å². The molecule has 0 unspecified atom stereocenters. The second kappa shape index (κ2) is 13.0. The summed E-state index contributed by atoms with van der Waals surface area (Å²) >= 11 is 0. The van der Waals surface area contributed by atoms with Gasteiger partial charge in [0.25, 0.3) is 0 Å². The van der Waals surface area contributed by atoms with E-state index in [-0.39, 0.29) is 0 Å². The molecule has 0 atom stereocenters. The Kier molecular flexibility index (Phi) is 11.9. The van der Waals surface area contributed by atoms with Crippen molar-refractivity contribution in [3.63, 3.8) is 0 Å². The molecule has 1 aliphatic rings. The van der Waals surface area contributed by atoms with Crippen molar-refractivity contribution in [1.82, 2.24) is 29.4 Å². The molecule has 0 aliphatic carbocycles. The molecule has 1 fully saturated rings. The third-order valence-electron chi connectivity index (χ3n) is 5.39. The normalized spacial score (nSPS) is 19.6. The molecule has 0 N–H and O–H groups in total. The fourth-order valence-electron chi connectivity index (χ4n) is 2.95. The van der Waals surface area contributed by atoms with Crippen molar-refractivity contribution in [3.8, 4) is 0 Å². The van der Waals surface area contributed by atoms with Gasteiger partial charge in [-0.1, -0.05) is 6.92 Å². The number of hydrogen-bond acceptors (Lipinski definition) is 6. The van der Waals surface area contributed by atoms with Crippen LogP contribution < -0.4 is 0 Å². The van der Waals surface area contributed by atoms with Crippen molar-refractivity contribution in [2.45, 2.75) is 6.92 Å². The molecule has 0 saturated carbocycles. The molecule has 0 radical (unpaired) electrons. The lowest BCUT2D eigenvalue weighted by Crippen LogP contribution is -2.43. The Morgan fingerprint density at radius 3 is 1.72 bits per heavy atom. The fraction of sp³-hybridized carbons (Fsp3) is 1.00. The van der Waals surface area contributed by atoms with Crippen molar-refractivity contribution >= 4 is 0 Å². The average Bonchev–Trinajstić information content (AvgIpc) is 2.66. The van der Waals surface area contributed by atoms with Crippen LogP contribution >= 0.6 is 0 Å². The molecule has 0 aromatic carbocycles. The summed E-state index contributed by atoms with van der Waals surface area (Å²) in [5.41, 5.74) is 0. The summed E-state index contributed by atoms with van der Waals surface area (Å²) in [6.07, 6.45) is 0. The highest BCUT2D eigenvalue weighted by atomic mass is 15.3. The summed E-state index contributed by atoms with van der Waals surface area (Å²) < 4.78 is 0. The van der Waals surface area contributed by atoms with Crippen LogP contribution in [0.1, 0.15) is 6.92 Å². The number of hydrogen-bond donors (Lipinski definition) is 0. The minimum Gasteiger partial charge on any atom is -0.308 e. The lowest BCUT2D eigenvalue weighted by Gasteiger charge is -2.30. The molecule has 1 aliphatic heterocycles. The standard InChI is InChI=1S/C19H44N6/c1-7-21(4)11-15-24(14-8-20(2)3)18-19-25-16-12-22(5)9-10-23(6)13-17-25/h7-19H2,1-6H3. The minimum absolute atomic E-state index is 1.13. The van der Waals surface area contributed by atoms with Gasteiger partial charge < -0.3 is 19.6 Å². The van der Waals surface area contributed by atoms with Gasteiger partial charge in [-0.05, 0) is 41.8 Å². The van der Waals surface area contributed by atoms with Gasteiger partial charge in [-0.15, -0.1) is 0 Å². The van der Waals surface area contributed by atoms with E-state index >= 15 is 0 Å². The predicted octanol–water partition coefficient (Wildman–Crippen LogP) is -0.0191. The zero-order valence-corrected chi connectivity index (χ0v) is 17.9. The van der Waals surface area contributed by atoms with E-state index in [1.807, 2.05) is 0 Å². The molecule has 1 heterocycles. The van der Waals surface area contributed by atoms with Crippen molar-refractivity contribution in [1.29, 1.82) is 0 Å². The maximum atomic E-state index is 2.66. The molecule has 0 spiro atoms. The topological polar surface area (TPSA) is 19.4 Å². The lowest BCUT2D eigenvalue weighted by atomic mass is 10.3. The summed E-state index contributed by atoms with van der Waals surface area (Å²) in [6, 6.07) is 0. The van der Waals surface area contributed by atoms with Crippen LogP contribution in [0.2, 0.25) is 0 Å². The van der Waals surface area contributed by atoms with E-state index in [0.29, 0.717) is 0 Å². The molecule has 6 heteroatoms. The van der Waals surface area contributed by atoms with Crippen molar-refractivity contribution in [2.24, 2.45) is 0 Å². The van der Waals surface area contributed by atoms with Crippen LogP contribution in [0.5, 0.6) is 0 Å². The fourth-order valence-corrected chi connectivity index (χ4v) is 2.95. The maximum absolute atomic E-state index is 2.66. The van der Waals surface area contributed by atoms with Gasteiger partial charge in [0, 0.05) is 78.5 Å². The van der Waals surface area contributed by atoms with Crippen molar-refractivity contribution in [3.05, 3.63) is 0 Å². The van der Waals surface area contributed by atoms with Crippen LogP contribution in [0.3, 0.4) is 0 Å². The smallest absolute Gasteiger partial charge is 0.0110 e. The highest BCUT2D eigenvalue weighted by molar-refractivity contribution is 4.71. The van der Waals surface area contributed by atoms with Crippen LogP contribution in [-0.2, 0) is 0 Å². The first-order chi connectivity index (χ1) is 11.9. The summed E-state index contributed by atoms with van der Waals surface area (Å²) in [7, 11) is 11.1. The molecule has 1 rings (SSSR count). The van der Waals surface area contributed by atoms with Crippen molar-refractivity contribution in [2.75, 3.05) is 120 Å². The Balaban J connectivity index is 2.46. The molecule has 25 heavy (non-hydrogen) atoms. The summed E-state index contributed by atoms with van der Waals surface area (Å²) in [5.74, 6) is 0. The zero-order valence-electron chi connectivity index (χ0n) is 17.9. The average molecular weight is 357 g/mol. The molecule has 6 nitrogen and oxygen atoms in total. The van der Waals surface area contributed by atoms with E-state index in [9.17, 15) is 0 Å². The monoisotopic (exact) mass is 356 g/mol.